The van der Waals surface area contributed by atoms with Crippen LogP contribution in [0, 0.1) is 6.92 Å². The Labute approximate surface area is 180 Å². The van der Waals surface area contributed by atoms with E-state index in [1.807, 2.05) is 44.2 Å². The van der Waals surface area contributed by atoms with E-state index in [0.29, 0.717) is 46.7 Å². The van der Waals surface area contributed by atoms with Crippen molar-refractivity contribution >= 4 is 27.2 Å². The van der Waals surface area contributed by atoms with E-state index in [1.165, 1.54) is 11.3 Å². The molecule has 30 heavy (non-hydrogen) atoms. The van der Waals surface area contributed by atoms with Gasteiger partial charge in [-0.15, -0.1) is 11.3 Å². The highest BCUT2D eigenvalue weighted by molar-refractivity contribution is 7.87. The van der Waals surface area contributed by atoms with Crippen LogP contribution in [0.1, 0.15) is 18.2 Å². The van der Waals surface area contributed by atoms with Crippen LogP contribution in [0.2, 0.25) is 0 Å². The summed E-state index contributed by atoms with van der Waals surface area (Å²) in [5.41, 5.74) is 2.25. The topological polar surface area (TPSA) is 87.6 Å². The summed E-state index contributed by atoms with van der Waals surface area (Å²) in [6.45, 7) is 6.06. The van der Waals surface area contributed by atoms with Gasteiger partial charge in [-0.1, -0.05) is 13.0 Å². The number of aromatic amines is 1. The molecule has 0 aliphatic carbocycles. The molecule has 1 fully saturated rings. The van der Waals surface area contributed by atoms with Crippen molar-refractivity contribution in [3.05, 3.63) is 64.2 Å². The van der Waals surface area contributed by atoms with E-state index >= 15 is 0 Å². The van der Waals surface area contributed by atoms with Gasteiger partial charge in [0, 0.05) is 27.9 Å². The number of aromatic nitrogens is 2. The maximum absolute atomic E-state index is 13.2. The Hall–Kier alpha value is -2.49. The van der Waals surface area contributed by atoms with Gasteiger partial charge < -0.3 is 9.88 Å². The van der Waals surface area contributed by atoms with E-state index in [2.05, 4.69) is 14.9 Å². The average Bonchev–Trinajstić information content (AvgIpc) is 3.25. The van der Waals surface area contributed by atoms with Gasteiger partial charge in [-0.2, -0.15) is 8.42 Å². The molecule has 9 heteroatoms. The van der Waals surface area contributed by atoms with Crippen molar-refractivity contribution in [1.29, 1.82) is 0 Å². The lowest BCUT2D eigenvalue weighted by Gasteiger charge is -2.31. The van der Waals surface area contributed by atoms with Crippen molar-refractivity contribution in [2.45, 2.75) is 24.5 Å². The SMILES string of the molecule is CCc1cc(-c2ccc(S(=O)(=O)[NH+]3CCN(c4ccccn4)CC3)s2)c(C)[nH]c1=O. The number of quaternary nitrogens is 1. The largest absolute Gasteiger partial charge is 0.345 e. The van der Waals surface area contributed by atoms with Crippen molar-refractivity contribution < 1.29 is 12.7 Å². The van der Waals surface area contributed by atoms with E-state index in [1.54, 1.807) is 12.3 Å². The summed E-state index contributed by atoms with van der Waals surface area (Å²) in [7, 11) is -3.48. The second-order valence-electron chi connectivity index (χ2n) is 7.35. The van der Waals surface area contributed by atoms with Gasteiger partial charge in [0.15, 0.2) is 4.21 Å². The van der Waals surface area contributed by atoms with Crippen molar-refractivity contribution in [1.82, 2.24) is 9.97 Å². The third kappa shape index (κ3) is 3.92. The normalized spacial score (nSPS) is 15.5. The molecule has 0 saturated carbocycles. The number of hydrogen-bond acceptors (Lipinski definition) is 6. The molecule has 0 amide bonds. The van der Waals surface area contributed by atoms with Gasteiger partial charge in [0.1, 0.15) is 18.9 Å². The van der Waals surface area contributed by atoms with Crippen molar-refractivity contribution in [2.24, 2.45) is 0 Å². The minimum Gasteiger partial charge on any atom is -0.345 e. The van der Waals surface area contributed by atoms with Crippen molar-refractivity contribution in [3.63, 3.8) is 0 Å². The van der Waals surface area contributed by atoms with Crippen LogP contribution in [0.4, 0.5) is 5.82 Å². The Balaban J connectivity index is 1.54. The second-order valence-corrected chi connectivity index (χ2v) is 10.7. The highest BCUT2D eigenvalue weighted by Gasteiger charge is 2.34. The van der Waals surface area contributed by atoms with E-state index < -0.39 is 10.0 Å². The molecule has 3 aromatic heterocycles. The third-order valence-electron chi connectivity index (χ3n) is 5.48. The Morgan fingerprint density at radius 1 is 1.20 bits per heavy atom. The molecule has 0 bridgehead atoms. The van der Waals surface area contributed by atoms with Gasteiger partial charge in [0.2, 0.25) is 0 Å². The number of thiophene rings is 1. The molecule has 1 saturated heterocycles. The van der Waals surface area contributed by atoms with E-state index in [-0.39, 0.29) is 5.56 Å². The van der Waals surface area contributed by atoms with Crippen LogP contribution in [0.25, 0.3) is 10.4 Å². The molecule has 0 radical (unpaired) electrons. The van der Waals surface area contributed by atoms with E-state index in [0.717, 1.165) is 22.0 Å². The number of rotatable bonds is 5. The Bertz CT molecular complexity index is 1190. The summed E-state index contributed by atoms with van der Waals surface area (Å²) in [6.07, 6.45) is 2.38. The number of H-pyrrole nitrogens is 1. The summed E-state index contributed by atoms with van der Waals surface area (Å²) in [6, 6.07) is 11.1. The molecule has 1 aliphatic heterocycles. The Morgan fingerprint density at radius 3 is 2.63 bits per heavy atom. The van der Waals surface area contributed by atoms with Crippen LogP contribution in [-0.4, -0.2) is 44.6 Å². The third-order valence-corrected chi connectivity index (χ3v) is 9.14. The van der Waals surface area contributed by atoms with Gasteiger partial charge in [-0.25, -0.2) is 9.29 Å². The fraction of sp³-hybridized carbons (Fsp3) is 0.333. The van der Waals surface area contributed by atoms with Gasteiger partial charge in [-0.05, 0) is 43.7 Å². The molecule has 2 N–H and O–H groups in total. The number of pyridine rings is 2. The predicted octanol–water partition coefficient (Wildman–Crippen LogP) is 1.46. The number of sulfonamides is 1. The van der Waals surface area contributed by atoms with Gasteiger partial charge in [-0.3, -0.25) is 4.79 Å². The molecule has 1 aliphatic rings. The smallest absolute Gasteiger partial charge is 0.335 e. The zero-order valence-electron chi connectivity index (χ0n) is 17.0. The molecular weight excluding hydrogens is 420 g/mol. The number of anilines is 1. The lowest BCUT2D eigenvalue weighted by atomic mass is 10.1. The van der Waals surface area contributed by atoms with Crippen LogP contribution in [0.5, 0.6) is 0 Å². The zero-order valence-corrected chi connectivity index (χ0v) is 18.6. The molecular formula is C21H25N4O3S2+. The maximum atomic E-state index is 13.2. The highest BCUT2D eigenvalue weighted by atomic mass is 32.2. The number of aryl methyl sites for hydroxylation is 2. The number of nitrogens with one attached hydrogen (secondary N) is 2. The lowest BCUT2D eigenvalue weighted by molar-refractivity contribution is -0.768. The van der Waals surface area contributed by atoms with Gasteiger partial charge >= 0.3 is 10.0 Å². The highest BCUT2D eigenvalue weighted by Crippen LogP contribution is 2.31. The van der Waals surface area contributed by atoms with Gasteiger partial charge in [0.05, 0.1) is 13.1 Å². The Kier molecular flexibility index (Phi) is 5.77. The minimum atomic E-state index is -3.48. The van der Waals surface area contributed by atoms with E-state index in [9.17, 15) is 13.2 Å². The molecule has 7 nitrogen and oxygen atoms in total. The molecule has 3 aromatic rings. The first-order valence-electron chi connectivity index (χ1n) is 9.99. The molecule has 158 valence electrons. The first-order valence-corrected chi connectivity index (χ1v) is 12.3. The van der Waals surface area contributed by atoms with Crippen molar-refractivity contribution in [3.8, 4) is 10.4 Å². The monoisotopic (exact) mass is 445 g/mol. The summed E-state index contributed by atoms with van der Waals surface area (Å²) in [5.74, 6) is 0.882. The molecule has 0 atom stereocenters. The molecule has 4 rings (SSSR count). The lowest BCUT2D eigenvalue weighted by Crippen LogP contribution is -3.16. The molecule has 0 unspecified atom stereocenters. The maximum Gasteiger partial charge on any atom is 0.335 e. The zero-order chi connectivity index (χ0) is 21.3. The van der Waals surface area contributed by atoms with Crippen LogP contribution < -0.4 is 14.8 Å². The summed E-state index contributed by atoms with van der Waals surface area (Å²) in [4.78, 5) is 22.2. The predicted molar refractivity (Wildman–Crippen MR) is 119 cm³/mol. The average molecular weight is 446 g/mol. The minimum absolute atomic E-state index is 0.0848. The number of piperazine rings is 1. The summed E-state index contributed by atoms with van der Waals surface area (Å²) in [5, 5.41) is 0. The first kappa shape index (κ1) is 20.8. The molecule has 0 spiro atoms. The summed E-state index contributed by atoms with van der Waals surface area (Å²) >= 11 is 1.27. The molecule has 0 aromatic carbocycles. The van der Waals surface area contributed by atoms with Crippen molar-refractivity contribution in [2.75, 3.05) is 31.1 Å². The van der Waals surface area contributed by atoms with Gasteiger partial charge in [0.25, 0.3) is 5.56 Å². The second kappa shape index (κ2) is 8.33. The number of nitrogens with zero attached hydrogens (tertiary/aromatic N) is 2. The van der Waals surface area contributed by atoms with Crippen LogP contribution in [0.15, 0.2) is 51.6 Å². The van der Waals surface area contributed by atoms with E-state index in [4.69, 9.17) is 0 Å². The van der Waals surface area contributed by atoms with Crippen LogP contribution in [-0.2, 0) is 16.4 Å². The Morgan fingerprint density at radius 2 is 1.97 bits per heavy atom. The quantitative estimate of drug-likeness (QED) is 0.621. The fourth-order valence-corrected chi connectivity index (χ4v) is 6.86. The van der Waals surface area contributed by atoms with Crippen LogP contribution in [0.3, 0.4) is 0 Å². The first-order chi connectivity index (χ1) is 14.4. The summed E-state index contributed by atoms with van der Waals surface area (Å²) < 4.78 is 27.4. The number of hydrogen-bond donors (Lipinski definition) is 2. The fourth-order valence-electron chi connectivity index (χ4n) is 3.73. The van der Waals surface area contributed by atoms with Crippen LogP contribution >= 0.6 is 11.3 Å². The molecule has 4 heterocycles. The standard InChI is InChI=1S/C21H24N4O3S2/c1-3-16-14-17(15(2)23-21(16)26)18-7-8-20(29-18)30(27,28)25-12-10-24(11-13-25)19-6-4-5-9-22-19/h4-9,14H,3,10-13H2,1-2H3,(H,23,26)/p+1.